The van der Waals surface area contributed by atoms with Gasteiger partial charge in [0.05, 0.1) is 6.61 Å². The summed E-state index contributed by atoms with van der Waals surface area (Å²) in [7, 11) is 1.75. The lowest BCUT2D eigenvalue weighted by molar-refractivity contribution is -0.500. The van der Waals surface area contributed by atoms with E-state index in [0.717, 1.165) is 11.1 Å². The molecule has 0 bridgehead atoms. The minimum absolute atomic E-state index is 0.417. The molecule has 0 atom stereocenters. The monoisotopic (exact) mass is 378 g/mol. The molecule has 2 aromatic carbocycles. The molecule has 132 valence electrons. The lowest BCUT2D eigenvalue weighted by Crippen LogP contribution is -2.82. The Balaban J connectivity index is 2.08. The molecule has 0 saturated carbocycles. The molecule has 2 rings (SSSR count). The Bertz CT molecular complexity index is 753. The summed E-state index contributed by atoms with van der Waals surface area (Å²) in [5.74, 6) is 1.36. The fourth-order valence-electron chi connectivity index (χ4n) is 2.04. The van der Waals surface area contributed by atoms with E-state index in [4.69, 9.17) is 33.3 Å². The van der Waals surface area contributed by atoms with Gasteiger partial charge in [-0.3, -0.25) is 0 Å². The summed E-state index contributed by atoms with van der Waals surface area (Å²) in [6, 6.07) is 13.3. The largest absolute Gasteiger partial charge is 0.490 e. The highest BCUT2D eigenvalue weighted by atomic mass is 35.5. The van der Waals surface area contributed by atoms with E-state index in [1.54, 1.807) is 13.3 Å². The van der Waals surface area contributed by atoms with Crippen molar-refractivity contribution in [2.45, 2.75) is 13.5 Å². The zero-order valence-corrected chi connectivity index (χ0v) is 15.7. The van der Waals surface area contributed by atoms with Crippen LogP contribution in [0.25, 0.3) is 0 Å². The summed E-state index contributed by atoms with van der Waals surface area (Å²) >= 11 is 11.0. The number of nitrogens with one attached hydrogen (secondary N) is 3. The molecule has 0 unspecified atom stereocenters. The number of benzene rings is 2. The van der Waals surface area contributed by atoms with Gasteiger partial charge in [-0.15, -0.1) is 10.5 Å². The molecule has 2 aromatic rings. The van der Waals surface area contributed by atoms with E-state index in [1.165, 1.54) is 0 Å². The first-order valence-electron chi connectivity index (χ1n) is 7.83. The molecule has 0 amide bonds. The maximum atomic E-state index is 6.00. The number of hydrazone groups is 1. The van der Waals surface area contributed by atoms with Crippen molar-refractivity contribution in [3.05, 3.63) is 58.6 Å². The first-order valence-corrected chi connectivity index (χ1v) is 8.61. The van der Waals surface area contributed by atoms with Gasteiger partial charge >= 0.3 is 0 Å². The normalized spacial score (nSPS) is 10.5. The summed E-state index contributed by atoms with van der Waals surface area (Å²) in [6.45, 7) is 2.90. The van der Waals surface area contributed by atoms with E-state index in [1.807, 2.05) is 49.4 Å². The smallest absolute Gasteiger partial charge is 0.223 e. The molecule has 25 heavy (non-hydrogen) atoms. The minimum atomic E-state index is 0.417. The van der Waals surface area contributed by atoms with Crippen molar-refractivity contribution >= 4 is 35.1 Å². The van der Waals surface area contributed by atoms with Gasteiger partial charge in [-0.05, 0) is 55.0 Å². The molecule has 0 fully saturated rings. The quantitative estimate of drug-likeness (QED) is 0.390. The number of ether oxygens (including phenoxy) is 2. The molecule has 0 aromatic heterocycles. The van der Waals surface area contributed by atoms with Crippen molar-refractivity contribution < 1.29 is 14.6 Å². The first kappa shape index (κ1) is 19.0. The lowest BCUT2D eigenvalue weighted by Gasteiger charge is -2.12. The molecule has 3 N–H and O–H groups in total. The van der Waals surface area contributed by atoms with Gasteiger partial charge in [0.25, 0.3) is 0 Å². The fraction of sp³-hybridized carbons (Fsp3) is 0.222. The molecule has 0 aliphatic carbocycles. The van der Waals surface area contributed by atoms with Gasteiger partial charge in [0.1, 0.15) is 6.61 Å². The summed E-state index contributed by atoms with van der Waals surface area (Å²) in [5, 5.41) is 6.92. The highest BCUT2D eigenvalue weighted by molar-refractivity contribution is 7.80. The highest BCUT2D eigenvalue weighted by Gasteiger charge is 2.08. The van der Waals surface area contributed by atoms with E-state index in [9.17, 15) is 0 Å². The van der Waals surface area contributed by atoms with Gasteiger partial charge < -0.3 is 14.8 Å². The molecule has 0 spiro atoms. The van der Waals surface area contributed by atoms with Gasteiger partial charge in [0.15, 0.2) is 17.7 Å². The summed E-state index contributed by atoms with van der Waals surface area (Å²) < 4.78 is 11.6. The molecule has 0 saturated heterocycles. The SMILES string of the molecule is CCOc1cc(C=[NH+]NC(=S)NC)ccc1OCc1cccc(Cl)c1. The molecule has 5 nitrogen and oxygen atoms in total. The maximum Gasteiger partial charge on any atom is 0.223 e. The summed E-state index contributed by atoms with van der Waals surface area (Å²) in [4.78, 5) is 0. The van der Waals surface area contributed by atoms with Crippen LogP contribution in [0.2, 0.25) is 5.02 Å². The zero-order chi connectivity index (χ0) is 18.1. The van der Waals surface area contributed by atoms with Crippen LogP contribution in [0.1, 0.15) is 18.1 Å². The highest BCUT2D eigenvalue weighted by Crippen LogP contribution is 2.28. The van der Waals surface area contributed by atoms with Crippen LogP contribution < -0.4 is 25.3 Å². The van der Waals surface area contributed by atoms with Crippen molar-refractivity contribution in [2.24, 2.45) is 0 Å². The van der Waals surface area contributed by atoms with E-state index >= 15 is 0 Å². The average molecular weight is 379 g/mol. The van der Waals surface area contributed by atoms with Crippen LogP contribution in [0.3, 0.4) is 0 Å². The third kappa shape index (κ3) is 6.25. The Morgan fingerprint density at radius 1 is 1.20 bits per heavy atom. The molecule has 0 aliphatic rings. The van der Waals surface area contributed by atoms with Gasteiger partial charge in [0, 0.05) is 17.6 Å². The van der Waals surface area contributed by atoms with Crippen molar-refractivity contribution in [1.29, 1.82) is 0 Å². The van der Waals surface area contributed by atoms with E-state index in [0.29, 0.717) is 34.8 Å². The number of rotatable bonds is 7. The van der Waals surface area contributed by atoms with E-state index in [-0.39, 0.29) is 0 Å². The second kappa shape index (κ2) is 9.86. The zero-order valence-electron chi connectivity index (χ0n) is 14.1. The summed E-state index contributed by atoms with van der Waals surface area (Å²) in [6.07, 6.45) is 1.78. The lowest BCUT2D eigenvalue weighted by atomic mass is 10.2. The standard InChI is InChI=1S/C18H20ClN3O2S/c1-3-23-17-10-13(11-21-22-18(25)20-2)7-8-16(17)24-12-14-5-4-6-15(19)9-14/h4-11H,3,12H2,1-2H3,(H2,20,22,25)/p+1. The van der Waals surface area contributed by atoms with Crippen molar-refractivity contribution in [1.82, 2.24) is 10.7 Å². The Labute approximate surface area is 158 Å². The Hall–Kier alpha value is -2.31. The molecule has 0 radical (unpaired) electrons. The maximum absolute atomic E-state index is 6.00. The Morgan fingerprint density at radius 3 is 2.76 bits per heavy atom. The van der Waals surface area contributed by atoms with E-state index in [2.05, 4.69) is 15.8 Å². The predicted octanol–water partition coefficient (Wildman–Crippen LogP) is 1.83. The van der Waals surface area contributed by atoms with Crippen LogP contribution in [0.5, 0.6) is 11.5 Å². The first-order chi connectivity index (χ1) is 12.1. The third-order valence-corrected chi connectivity index (χ3v) is 3.74. The second-order valence-electron chi connectivity index (χ2n) is 5.05. The van der Waals surface area contributed by atoms with Crippen LogP contribution in [-0.2, 0) is 6.61 Å². The molecule has 0 heterocycles. The van der Waals surface area contributed by atoms with Crippen molar-refractivity contribution in [3.8, 4) is 11.5 Å². The summed E-state index contributed by atoms with van der Waals surface area (Å²) in [5.41, 5.74) is 4.75. The van der Waals surface area contributed by atoms with Crippen LogP contribution >= 0.6 is 23.8 Å². The second-order valence-corrected chi connectivity index (χ2v) is 5.90. The van der Waals surface area contributed by atoms with Gasteiger partial charge in [-0.25, -0.2) is 0 Å². The molecule has 0 aliphatic heterocycles. The number of hydrogen-bond donors (Lipinski definition) is 3. The van der Waals surface area contributed by atoms with Gasteiger partial charge in [-0.2, -0.15) is 0 Å². The van der Waals surface area contributed by atoms with Crippen molar-refractivity contribution in [2.75, 3.05) is 13.7 Å². The minimum Gasteiger partial charge on any atom is -0.490 e. The van der Waals surface area contributed by atoms with Crippen LogP contribution in [0.4, 0.5) is 0 Å². The van der Waals surface area contributed by atoms with Crippen LogP contribution in [0, 0.1) is 0 Å². The van der Waals surface area contributed by atoms with Crippen LogP contribution in [0.15, 0.2) is 42.5 Å². The van der Waals surface area contributed by atoms with E-state index < -0.39 is 0 Å². The van der Waals surface area contributed by atoms with Crippen LogP contribution in [-0.4, -0.2) is 25.0 Å². The Kier molecular flexibility index (Phi) is 7.50. The number of hydrogen-bond acceptors (Lipinski definition) is 3. The van der Waals surface area contributed by atoms with Gasteiger partial charge in [-0.1, -0.05) is 23.7 Å². The van der Waals surface area contributed by atoms with Crippen molar-refractivity contribution in [3.63, 3.8) is 0 Å². The van der Waals surface area contributed by atoms with Gasteiger partial charge in [0.2, 0.25) is 5.11 Å². The number of halogens is 1. The third-order valence-electron chi connectivity index (χ3n) is 3.20. The average Bonchev–Trinajstić information content (AvgIpc) is 2.61. The fourth-order valence-corrected chi connectivity index (χ4v) is 2.31. The number of hydrazine groups is 1. The Morgan fingerprint density at radius 2 is 2.04 bits per heavy atom. The topological polar surface area (TPSA) is 56.5 Å². The molecule has 7 heteroatoms. The molecular weight excluding hydrogens is 358 g/mol. The molecular formula is C18H21ClN3O2S+. The number of thiocarbonyl (C=S) groups is 1. The predicted molar refractivity (Wildman–Crippen MR) is 104 cm³/mol.